The quantitative estimate of drug-likeness (QED) is 0.837. The van der Waals surface area contributed by atoms with Crippen molar-refractivity contribution >= 4 is 21.6 Å². The fourth-order valence-corrected chi connectivity index (χ4v) is 3.63. The monoisotopic (exact) mass is 323 g/mol. The normalized spacial score (nSPS) is 13.3. The van der Waals surface area contributed by atoms with Crippen LogP contribution in [0.4, 0.5) is 0 Å². The Hall–Kier alpha value is -1.36. The summed E-state index contributed by atoms with van der Waals surface area (Å²) >= 11 is 5.86. The lowest BCUT2D eigenvalue weighted by molar-refractivity contribution is 0.398. The van der Waals surface area contributed by atoms with Gasteiger partial charge in [0.15, 0.2) is 0 Å². The zero-order chi connectivity index (χ0) is 15.5. The molecule has 0 fully saturated rings. The first kappa shape index (κ1) is 16.0. The minimum Gasteiger partial charge on any atom is -0.212 e. The van der Waals surface area contributed by atoms with Gasteiger partial charge in [-0.1, -0.05) is 54.1 Å². The molecule has 0 N–H and O–H groups in total. The van der Waals surface area contributed by atoms with E-state index in [1.165, 1.54) is 4.31 Å². The lowest BCUT2D eigenvalue weighted by atomic mass is 10.1. The Bertz CT molecular complexity index is 684. The molecule has 0 aliphatic rings. The maximum absolute atomic E-state index is 12.5. The van der Waals surface area contributed by atoms with Crippen LogP contribution in [0.25, 0.3) is 0 Å². The fourth-order valence-electron chi connectivity index (χ4n) is 2.08. The molecule has 2 aromatic rings. The molecule has 21 heavy (non-hydrogen) atoms. The molecule has 3 nitrogen and oxygen atoms in total. The smallest absolute Gasteiger partial charge is 0.212 e. The highest BCUT2D eigenvalue weighted by molar-refractivity contribution is 7.88. The van der Waals surface area contributed by atoms with Gasteiger partial charge in [0.25, 0.3) is 0 Å². The van der Waals surface area contributed by atoms with Crippen molar-refractivity contribution in [2.75, 3.05) is 7.05 Å². The number of hydrogen-bond donors (Lipinski definition) is 0. The molecule has 0 amide bonds. The van der Waals surface area contributed by atoms with Crippen LogP contribution in [0.5, 0.6) is 0 Å². The van der Waals surface area contributed by atoms with Crippen LogP contribution in [0, 0.1) is 0 Å². The summed E-state index contributed by atoms with van der Waals surface area (Å²) in [5, 5.41) is 0.640. The van der Waals surface area contributed by atoms with E-state index < -0.39 is 10.0 Å². The molecule has 5 heteroatoms. The summed E-state index contributed by atoms with van der Waals surface area (Å²) in [6, 6.07) is 16.2. The first-order valence-electron chi connectivity index (χ1n) is 6.65. The third-order valence-corrected chi connectivity index (χ3v) is 5.67. The van der Waals surface area contributed by atoms with E-state index in [-0.39, 0.29) is 11.8 Å². The van der Waals surface area contributed by atoms with E-state index in [1.54, 1.807) is 19.2 Å². The SMILES string of the molecule is C[C@@H](c1ccc(Cl)cc1)N(C)S(=O)(=O)Cc1ccccc1. The van der Waals surface area contributed by atoms with E-state index in [1.807, 2.05) is 49.4 Å². The third kappa shape index (κ3) is 4.06. The zero-order valence-corrected chi connectivity index (χ0v) is 13.6. The molecule has 0 aliphatic carbocycles. The van der Waals surface area contributed by atoms with Gasteiger partial charge < -0.3 is 0 Å². The molecular weight excluding hydrogens is 306 g/mol. The maximum atomic E-state index is 12.5. The summed E-state index contributed by atoms with van der Waals surface area (Å²) in [6.45, 7) is 1.87. The topological polar surface area (TPSA) is 37.4 Å². The molecule has 0 bridgehead atoms. The van der Waals surface area contributed by atoms with Crippen molar-refractivity contribution in [1.82, 2.24) is 4.31 Å². The van der Waals surface area contributed by atoms with Gasteiger partial charge in [0.05, 0.1) is 5.75 Å². The Balaban J connectivity index is 2.17. The van der Waals surface area contributed by atoms with E-state index >= 15 is 0 Å². The van der Waals surface area contributed by atoms with Crippen molar-refractivity contribution in [3.05, 3.63) is 70.7 Å². The Kier molecular flexibility index (Phi) is 5.04. The molecule has 112 valence electrons. The Labute approximate surface area is 131 Å². The highest BCUT2D eigenvalue weighted by atomic mass is 35.5. The second-order valence-corrected chi connectivity index (χ2v) is 7.45. The molecule has 1 atom stereocenters. The highest BCUT2D eigenvalue weighted by Gasteiger charge is 2.24. The summed E-state index contributed by atoms with van der Waals surface area (Å²) in [4.78, 5) is 0. The average Bonchev–Trinajstić information content (AvgIpc) is 2.47. The molecule has 0 aromatic heterocycles. The number of sulfonamides is 1. The van der Waals surface area contributed by atoms with Gasteiger partial charge in [-0.25, -0.2) is 8.42 Å². The summed E-state index contributed by atoms with van der Waals surface area (Å²) in [7, 11) is -1.76. The minimum absolute atomic E-state index is 0.00225. The molecular formula is C16H18ClNO2S. The standard InChI is InChI=1S/C16H18ClNO2S/c1-13(15-8-10-16(17)11-9-15)18(2)21(19,20)12-14-6-4-3-5-7-14/h3-11,13H,12H2,1-2H3/t13-/m0/s1. The number of benzene rings is 2. The maximum Gasteiger partial charge on any atom is 0.218 e. The third-order valence-electron chi connectivity index (χ3n) is 3.53. The lowest BCUT2D eigenvalue weighted by Gasteiger charge is -2.24. The largest absolute Gasteiger partial charge is 0.218 e. The average molecular weight is 324 g/mol. The van der Waals surface area contributed by atoms with Gasteiger partial charge in [0, 0.05) is 18.1 Å². The van der Waals surface area contributed by atoms with Gasteiger partial charge in [-0.2, -0.15) is 4.31 Å². The van der Waals surface area contributed by atoms with Crippen molar-refractivity contribution in [2.24, 2.45) is 0 Å². The van der Waals surface area contributed by atoms with Crippen LogP contribution < -0.4 is 0 Å². The molecule has 0 radical (unpaired) electrons. The van der Waals surface area contributed by atoms with E-state index in [0.29, 0.717) is 5.02 Å². The van der Waals surface area contributed by atoms with E-state index in [2.05, 4.69) is 0 Å². The molecule has 0 spiro atoms. The van der Waals surface area contributed by atoms with Gasteiger partial charge in [-0.15, -0.1) is 0 Å². The molecule has 0 aliphatic heterocycles. The molecule has 2 rings (SSSR count). The number of halogens is 1. The summed E-state index contributed by atoms with van der Waals surface area (Å²) in [5.41, 5.74) is 1.70. The van der Waals surface area contributed by atoms with Crippen molar-refractivity contribution in [3.8, 4) is 0 Å². The minimum atomic E-state index is -3.37. The van der Waals surface area contributed by atoms with Crippen LogP contribution in [0.15, 0.2) is 54.6 Å². The zero-order valence-electron chi connectivity index (χ0n) is 12.0. The van der Waals surface area contributed by atoms with Gasteiger partial charge in [-0.05, 0) is 30.2 Å². The van der Waals surface area contributed by atoms with Crippen molar-refractivity contribution in [3.63, 3.8) is 0 Å². The summed E-state index contributed by atoms with van der Waals surface area (Å²) < 4.78 is 26.4. The van der Waals surface area contributed by atoms with Crippen LogP contribution >= 0.6 is 11.6 Å². The van der Waals surface area contributed by atoms with E-state index in [0.717, 1.165) is 11.1 Å². The molecule has 0 saturated heterocycles. The Morgan fingerprint density at radius 2 is 1.62 bits per heavy atom. The van der Waals surface area contributed by atoms with Crippen LogP contribution in [-0.4, -0.2) is 19.8 Å². The predicted molar refractivity (Wildman–Crippen MR) is 86.7 cm³/mol. The van der Waals surface area contributed by atoms with Gasteiger partial charge >= 0.3 is 0 Å². The Morgan fingerprint density at radius 3 is 2.19 bits per heavy atom. The number of hydrogen-bond acceptors (Lipinski definition) is 2. The lowest BCUT2D eigenvalue weighted by Crippen LogP contribution is -2.30. The molecule has 2 aromatic carbocycles. The first-order valence-corrected chi connectivity index (χ1v) is 8.64. The number of rotatable bonds is 5. The Morgan fingerprint density at radius 1 is 1.05 bits per heavy atom. The predicted octanol–water partition coefficient (Wildman–Crippen LogP) is 3.86. The van der Waals surface area contributed by atoms with Crippen LogP contribution in [-0.2, 0) is 15.8 Å². The van der Waals surface area contributed by atoms with E-state index in [4.69, 9.17) is 11.6 Å². The summed E-state index contributed by atoms with van der Waals surface area (Å²) in [5.74, 6) is 0.00225. The van der Waals surface area contributed by atoms with E-state index in [9.17, 15) is 8.42 Å². The van der Waals surface area contributed by atoms with Crippen molar-refractivity contribution in [1.29, 1.82) is 0 Å². The van der Waals surface area contributed by atoms with Crippen LogP contribution in [0.3, 0.4) is 0 Å². The van der Waals surface area contributed by atoms with Gasteiger partial charge in [0.2, 0.25) is 10.0 Å². The fraction of sp³-hybridized carbons (Fsp3) is 0.250. The van der Waals surface area contributed by atoms with Gasteiger partial charge in [0.1, 0.15) is 0 Å². The second-order valence-electron chi connectivity index (χ2n) is 4.99. The van der Waals surface area contributed by atoms with Crippen LogP contribution in [0.2, 0.25) is 5.02 Å². The molecule has 0 heterocycles. The molecule has 0 saturated carbocycles. The highest BCUT2D eigenvalue weighted by Crippen LogP contribution is 2.24. The molecule has 0 unspecified atom stereocenters. The van der Waals surface area contributed by atoms with Crippen molar-refractivity contribution in [2.45, 2.75) is 18.7 Å². The van der Waals surface area contributed by atoms with Crippen LogP contribution in [0.1, 0.15) is 24.1 Å². The van der Waals surface area contributed by atoms with Gasteiger partial charge in [-0.3, -0.25) is 0 Å². The summed E-state index contributed by atoms with van der Waals surface area (Å²) in [6.07, 6.45) is 0. The second kappa shape index (κ2) is 6.60. The van der Waals surface area contributed by atoms with Crippen molar-refractivity contribution < 1.29 is 8.42 Å². The number of nitrogens with zero attached hydrogens (tertiary/aromatic N) is 1. The first-order chi connectivity index (χ1) is 9.90.